The Bertz CT molecular complexity index is 470. The Labute approximate surface area is 121 Å². The SMILES string of the molecule is O=C(NC1(CBr)CCCCC1)c1ccc(O)c(O)c1. The fourth-order valence-electron chi connectivity index (χ4n) is 2.50. The van der Waals surface area contributed by atoms with E-state index < -0.39 is 0 Å². The third-order valence-corrected chi connectivity index (χ3v) is 4.76. The van der Waals surface area contributed by atoms with Gasteiger partial charge in [0.2, 0.25) is 0 Å². The second kappa shape index (κ2) is 5.82. The highest BCUT2D eigenvalue weighted by atomic mass is 79.9. The largest absolute Gasteiger partial charge is 0.504 e. The topological polar surface area (TPSA) is 69.6 Å². The molecule has 5 heteroatoms. The van der Waals surface area contributed by atoms with Crippen LogP contribution in [0, 0.1) is 0 Å². The van der Waals surface area contributed by atoms with Crippen molar-refractivity contribution in [3.8, 4) is 11.5 Å². The van der Waals surface area contributed by atoms with Crippen LogP contribution in [-0.4, -0.2) is 27.0 Å². The number of rotatable bonds is 3. The number of hydrogen-bond donors (Lipinski definition) is 3. The molecule has 104 valence electrons. The van der Waals surface area contributed by atoms with Gasteiger partial charge in [-0.3, -0.25) is 4.79 Å². The molecule has 1 fully saturated rings. The van der Waals surface area contributed by atoms with Crippen LogP contribution < -0.4 is 5.32 Å². The number of nitrogens with one attached hydrogen (secondary N) is 1. The number of benzene rings is 1. The zero-order valence-electron chi connectivity index (χ0n) is 10.7. The molecule has 0 unspecified atom stereocenters. The first kappa shape index (κ1) is 14.2. The summed E-state index contributed by atoms with van der Waals surface area (Å²) in [6.07, 6.45) is 5.38. The molecule has 0 spiro atoms. The summed E-state index contributed by atoms with van der Waals surface area (Å²) in [5.41, 5.74) is 0.171. The maximum Gasteiger partial charge on any atom is 0.251 e. The van der Waals surface area contributed by atoms with Crippen LogP contribution in [0.2, 0.25) is 0 Å². The monoisotopic (exact) mass is 327 g/mol. The second-order valence-electron chi connectivity index (χ2n) is 5.13. The molecule has 1 aliphatic carbocycles. The number of carbonyl (C=O) groups excluding carboxylic acids is 1. The van der Waals surface area contributed by atoms with Crippen LogP contribution in [0.4, 0.5) is 0 Å². The van der Waals surface area contributed by atoms with Gasteiger partial charge in [0, 0.05) is 10.9 Å². The van der Waals surface area contributed by atoms with Crippen LogP contribution in [0.25, 0.3) is 0 Å². The highest BCUT2D eigenvalue weighted by Crippen LogP contribution is 2.31. The van der Waals surface area contributed by atoms with Gasteiger partial charge in [-0.1, -0.05) is 35.2 Å². The summed E-state index contributed by atoms with van der Waals surface area (Å²) in [6.45, 7) is 0. The number of halogens is 1. The Morgan fingerprint density at radius 3 is 2.47 bits per heavy atom. The van der Waals surface area contributed by atoms with Crippen LogP contribution in [0.3, 0.4) is 0 Å². The summed E-state index contributed by atoms with van der Waals surface area (Å²) in [4.78, 5) is 12.2. The molecule has 0 atom stereocenters. The lowest BCUT2D eigenvalue weighted by Crippen LogP contribution is -2.51. The first-order chi connectivity index (χ1) is 9.06. The zero-order valence-corrected chi connectivity index (χ0v) is 12.2. The molecule has 19 heavy (non-hydrogen) atoms. The Hall–Kier alpha value is -1.23. The lowest BCUT2D eigenvalue weighted by Gasteiger charge is -2.36. The number of phenolic OH excluding ortho intramolecular Hbond substituents is 2. The predicted molar refractivity (Wildman–Crippen MR) is 76.8 cm³/mol. The standard InChI is InChI=1S/C14H18BrNO3/c15-9-14(6-2-1-3-7-14)16-13(19)10-4-5-11(17)12(18)8-10/h4-5,8,17-18H,1-3,6-7,9H2,(H,16,19). The summed E-state index contributed by atoms with van der Waals surface area (Å²) >= 11 is 3.49. The molecule has 0 saturated heterocycles. The Morgan fingerprint density at radius 2 is 1.89 bits per heavy atom. The highest BCUT2D eigenvalue weighted by Gasteiger charge is 2.32. The molecule has 0 bridgehead atoms. The molecule has 0 aliphatic heterocycles. The summed E-state index contributed by atoms with van der Waals surface area (Å²) in [6, 6.07) is 4.12. The van der Waals surface area contributed by atoms with Crippen LogP contribution in [0.15, 0.2) is 18.2 Å². The van der Waals surface area contributed by atoms with Crippen LogP contribution in [0.1, 0.15) is 42.5 Å². The molecule has 1 saturated carbocycles. The van der Waals surface area contributed by atoms with E-state index in [1.165, 1.54) is 24.6 Å². The van der Waals surface area contributed by atoms with Gasteiger partial charge in [0.15, 0.2) is 11.5 Å². The Morgan fingerprint density at radius 1 is 1.21 bits per heavy atom. The number of carbonyl (C=O) groups is 1. The Kier molecular flexibility index (Phi) is 4.34. The third kappa shape index (κ3) is 3.21. The summed E-state index contributed by atoms with van der Waals surface area (Å²) < 4.78 is 0. The van der Waals surface area contributed by atoms with Crippen molar-refractivity contribution >= 4 is 21.8 Å². The van der Waals surface area contributed by atoms with Crippen LogP contribution in [0.5, 0.6) is 11.5 Å². The van der Waals surface area contributed by atoms with Crippen molar-refractivity contribution in [1.82, 2.24) is 5.32 Å². The number of aromatic hydroxyl groups is 2. The van der Waals surface area contributed by atoms with Crippen molar-refractivity contribution in [1.29, 1.82) is 0 Å². The molecule has 0 aromatic heterocycles. The molecular formula is C14H18BrNO3. The lowest BCUT2D eigenvalue weighted by molar-refractivity contribution is 0.0886. The van der Waals surface area contributed by atoms with Gasteiger partial charge in [-0.2, -0.15) is 0 Å². The molecule has 0 heterocycles. The Balaban J connectivity index is 2.12. The smallest absolute Gasteiger partial charge is 0.251 e. The molecule has 1 aliphatic rings. The van der Waals surface area contributed by atoms with E-state index in [1.807, 2.05) is 0 Å². The van der Waals surface area contributed by atoms with Crippen molar-refractivity contribution in [2.24, 2.45) is 0 Å². The van der Waals surface area contributed by atoms with Crippen LogP contribution in [-0.2, 0) is 0 Å². The predicted octanol–water partition coefficient (Wildman–Crippen LogP) is 2.93. The first-order valence-corrected chi connectivity index (χ1v) is 7.59. The first-order valence-electron chi connectivity index (χ1n) is 6.47. The quantitative estimate of drug-likeness (QED) is 0.590. The van der Waals surface area contributed by atoms with Crippen molar-refractivity contribution in [3.05, 3.63) is 23.8 Å². The number of alkyl halides is 1. The van der Waals surface area contributed by atoms with Gasteiger partial charge >= 0.3 is 0 Å². The van der Waals surface area contributed by atoms with E-state index in [4.69, 9.17) is 0 Å². The minimum atomic E-state index is -0.274. The number of phenols is 2. The summed E-state index contributed by atoms with van der Waals surface area (Å²) in [5.74, 6) is -0.703. The van der Waals surface area contributed by atoms with Crippen molar-refractivity contribution in [2.75, 3.05) is 5.33 Å². The van der Waals surface area contributed by atoms with Crippen molar-refractivity contribution < 1.29 is 15.0 Å². The maximum atomic E-state index is 12.2. The zero-order chi connectivity index (χ0) is 13.9. The normalized spacial score (nSPS) is 17.9. The van der Waals surface area contributed by atoms with E-state index in [-0.39, 0.29) is 22.9 Å². The molecule has 3 N–H and O–H groups in total. The van der Waals surface area contributed by atoms with Crippen molar-refractivity contribution in [3.63, 3.8) is 0 Å². The van der Waals surface area contributed by atoms with E-state index in [9.17, 15) is 15.0 Å². The van der Waals surface area contributed by atoms with E-state index in [1.54, 1.807) is 0 Å². The highest BCUT2D eigenvalue weighted by molar-refractivity contribution is 9.09. The van der Waals surface area contributed by atoms with Gasteiger partial charge in [-0.05, 0) is 31.0 Å². The minimum Gasteiger partial charge on any atom is -0.504 e. The van der Waals surface area contributed by atoms with Crippen LogP contribution >= 0.6 is 15.9 Å². The average molecular weight is 328 g/mol. The van der Waals surface area contributed by atoms with Crippen molar-refractivity contribution in [2.45, 2.75) is 37.6 Å². The second-order valence-corrected chi connectivity index (χ2v) is 5.69. The fourth-order valence-corrected chi connectivity index (χ4v) is 3.20. The van der Waals surface area contributed by atoms with E-state index in [0.29, 0.717) is 5.56 Å². The molecular weight excluding hydrogens is 310 g/mol. The van der Waals surface area contributed by atoms with Gasteiger partial charge in [-0.15, -0.1) is 0 Å². The van der Waals surface area contributed by atoms with Gasteiger partial charge in [0.25, 0.3) is 5.91 Å². The lowest BCUT2D eigenvalue weighted by atomic mass is 9.83. The molecule has 1 aromatic carbocycles. The summed E-state index contributed by atoms with van der Waals surface area (Å²) in [7, 11) is 0. The number of hydrogen-bond acceptors (Lipinski definition) is 3. The van der Waals surface area contributed by atoms with E-state index in [2.05, 4.69) is 21.2 Å². The molecule has 0 radical (unpaired) electrons. The van der Waals surface area contributed by atoms with Gasteiger partial charge < -0.3 is 15.5 Å². The minimum absolute atomic E-state index is 0.192. The fraction of sp³-hybridized carbons (Fsp3) is 0.500. The molecule has 4 nitrogen and oxygen atoms in total. The van der Waals surface area contributed by atoms with E-state index in [0.717, 1.165) is 31.0 Å². The molecule has 2 rings (SSSR count). The molecule has 1 aromatic rings. The van der Waals surface area contributed by atoms with Gasteiger partial charge in [0.1, 0.15) is 0 Å². The van der Waals surface area contributed by atoms with E-state index >= 15 is 0 Å². The molecule has 1 amide bonds. The average Bonchev–Trinajstić information content (AvgIpc) is 2.43. The summed E-state index contributed by atoms with van der Waals surface area (Å²) in [5, 5.41) is 22.5. The third-order valence-electron chi connectivity index (χ3n) is 3.68. The number of amides is 1. The van der Waals surface area contributed by atoms with Gasteiger partial charge in [-0.25, -0.2) is 0 Å². The maximum absolute atomic E-state index is 12.2. The van der Waals surface area contributed by atoms with Gasteiger partial charge in [0.05, 0.1) is 5.54 Å².